The second-order valence-electron chi connectivity index (χ2n) is 35.3. The highest BCUT2D eigenvalue weighted by Gasteiger charge is 2.30. The molecule has 0 aliphatic carbocycles. The van der Waals surface area contributed by atoms with Crippen LogP contribution >= 0.6 is 0 Å². The maximum absolute atomic E-state index is 5.32. The standard InChI is InChI=1S/C62H37N5.C61H36N6/c1-4-14-38(15-5-1)50-37-51(39-16-6-2-7-17-39)64-62(63-50)67-55-25-13-19-41-27-30-48-45(32-35-57(67)61(48)59(41)55)44-31-34-56-60-47(44)29-26-40-18-12-24-54(58(40)60)66(56)43-28-33-53-49(36-43)46-22-10-11-23-52(46)65(53)42-20-8-3-9-21-42;1-4-14-39(15-5-1)59-62-60(40-16-6-2-7-17-40)64-61(63-59)67-52-25-13-19-38-27-30-47-44(32-35-54(67)58(47)56(38)52)43-31-34-53-57-46(43)29-26-37-18-12-24-51(55(37)57)66(53)42-28-33-50-48(36-42)45-22-10-11-23-49(45)65(50)41-20-8-3-9-21-41/h1-37H;1-36H. The van der Waals surface area contributed by atoms with Crippen molar-refractivity contribution in [3.63, 3.8) is 0 Å². The molecule has 0 unspecified atom stereocenters. The summed E-state index contributed by atoms with van der Waals surface area (Å²) in [6.07, 6.45) is 0. The van der Waals surface area contributed by atoms with Gasteiger partial charge in [0, 0.05) is 110 Å². The SMILES string of the molecule is c1ccc(-c2cc(-c3ccccc3)nc(-n3c4cccc5ccc6c(-c7ccc8c9c7ccc7cccc(c79)n8-c7ccc8c(c7)c7ccccc7n8-c7ccccc7)ccc3c6c54)n2)cc1.c1ccc(-c2nc(-c3ccccc3)nc(-n3c4cccc5ccc6c(-c7ccc8c9c7ccc7cccc(c79)n8-c7ccc8c(c7)c7ccccc7n8-c7ccccc7)ccc3c6c54)n2)cc1. The largest absolute Gasteiger partial charge is 0.309 e. The third-order valence-corrected chi connectivity index (χ3v) is 28.2. The van der Waals surface area contributed by atoms with E-state index >= 15 is 0 Å². The monoisotopic (exact) mass is 1700 g/mol. The minimum Gasteiger partial charge on any atom is -0.309 e. The van der Waals surface area contributed by atoms with Gasteiger partial charge in [0.2, 0.25) is 11.9 Å². The Morgan fingerprint density at radius 2 is 0.410 bits per heavy atom. The average molecular weight is 1710 g/mol. The molecular formula is C123H73N11. The number of hydrogen-bond donors (Lipinski definition) is 0. The number of benzene rings is 22. The van der Waals surface area contributed by atoms with Crippen molar-refractivity contribution in [2.24, 2.45) is 0 Å². The number of aromatic nitrogens is 11. The summed E-state index contributed by atoms with van der Waals surface area (Å²) in [5, 5.41) is 24.7. The van der Waals surface area contributed by atoms with Gasteiger partial charge in [-0.05, 0) is 193 Å². The van der Waals surface area contributed by atoms with Crippen molar-refractivity contribution < 1.29 is 0 Å². The summed E-state index contributed by atoms with van der Waals surface area (Å²) in [6, 6.07) is 160. The van der Waals surface area contributed by atoms with Gasteiger partial charge < -0.3 is 18.3 Å². The molecule has 0 amide bonds. The lowest BCUT2D eigenvalue weighted by molar-refractivity contribution is 0.954. The first-order valence-electron chi connectivity index (χ1n) is 45.7. The van der Waals surface area contributed by atoms with Crippen molar-refractivity contribution in [3.8, 4) is 102 Å². The maximum Gasteiger partial charge on any atom is 0.238 e. The first-order valence-corrected chi connectivity index (χ1v) is 45.7. The molecule has 11 nitrogen and oxygen atoms in total. The lowest BCUT2D eigenvalue weighted by Gasteiger charge is -2.14. The maximum atomic E-state index is 5.32. The highest BCUT2D eigenvalue weighted by molar-refractivity contribution is 6.33. The molecule has 30 aromatic rings. The lowest BCUT2D eigenvalue weighted by atomic mass is 9.90. The zero-order valence-corrected chi connectivity index (χ0v) is 72.1. The van der Waals surface area contributed by atoms with Crippen LogP contribution < -0.4 is 0 Å². The van der Waals surface area contributed by atoms with Gasteiger partial charge in [-0.2, -0.15) is 9.97 Å². The van der Waals surface area contributed by atoms with Crippen molar-refractivity contribution >= 4 is 174 Å². The fourth-order valence-corrected chi connectivity index (χ4v) is 22.5. The van der Waals surface area contributed by atoms with Crippen LogP contribution in [0.2, 0.25) is 0 Å². The van der Waals surface area contributed by atoms with Crippen LogP contribution in [0, 0.1) is 0 Å². The van der Waals surface area contributed by atoms with E-state index in [0.29, 0.717) is 23.5 Å². The Labute approximate surface area is 766 Å². The van der Waals surface area contributed by atoms with Crippen molar-refractivity contribution in [1.82, 2.24) is 52.3 Å². The van der Waals surface area contributed by atoms with Crippen LogP contribution in [0.1, 0.15) is 0 Å². The molecule has 0 aliphatic rings. The zero-order chi connectivity index (χ0) is 87.5. The Morgan fingerprint density at radius 3 is 0.769 bits per heavy atom. The highest BCUT2D eigenvalue weighted by atomic mass is 15.2. The predicted molar refractivity (Wildman–Crippen MR) is 555 cm³/mol. The Hall–Kier alpha value is -18.2. The summed E-state index contributed by atoms with van der Waals surface area (Å²) in [4.78, 5) is 26.1. The third kappa shape index (κ3) is 10.8. The molecule has 0 radical (unpaired) electrons. The van der Waals surface area contributed by atoms with Crippen LogP contribution in [0.25, 0.3) is 276 Å². The van der Waals surface area contributed by atoms with Crippen molar-refractivity contribution in [1.29, 1.82) is 0 Å². The summed E-state index contributed by atoms with van der Waals surface area (Å²) in [5.74, 6) is 2.52. The van der Waals surface area contributed by atoms with E-state index in [-0.39, 0.29) is 0 Å². The van der Waals surface area contributed by atoms with Gasteiger partial charge in [-0.15, -0.1) is 0 Å². The first kappa shape index (κ1) is 73.8. The van der Waals surface area contributed by atoms with E-state index in [1.807, 2.05) is 48.5 Å². The molecule has 0 spiro atoms. The van der Waals surface area contributed by atoms with Crippen molar-refractivity contribution in [2.75, 3.05) is 0 Å². The second-order valence-corrected chi connectivity index (χ2v) is 35.3. The van der Waals surface area contributed by atoms with E-state index in [1.54, 1.807) is 0 Å². The summed E-state index contributed by atoms with van der Waals surface area (Å²) in [5.41, 5.74) is 29.1. The van der Waals surface area contributed by atoms with Crippen LogP contribution in [0.5, 0.6) is 0 Å². The molecule has 620 valence electrons. The summed E-state index contributed by atoms with van der Waals surface area (Å²) in [6.45, 7) is 0. The lowest BCUT2D eigenvalue weighted by Crippen LogP contribution is -2.06. The molecule has 0 bridgehead atoms. The summed E-state index contributed by atoms with van der Waals surface area (Å²) in [7, 11) is 0. The molecule has 0 N–H and O–H groups in total. The molecule has 0 fully saturated rings. The van der Waals surface area contributed by atoms with Crippen LogP contribution in [0.15, 0.2) is 443 Å². The van der Waals surface area contributed by atoms with Gasteiger partial charge in [0.15, 0.2) is 11.6 Å². The van der Waals surface area contributed by atoms with Crippen LogP contribution in [-0.2, 0) is 0 Å². The fraction of sp³-hybridized carbons (Fsp3) is 0. The molecule has 0 atom stereocenters. The first-order chi connectivity index (χ1) is 66.5. The fourth-order valence-electron chi connectivity index (χ4n) is 22.5. The van der Waals surface area contributed by atoms with Crippen LogP contribution in [0.4, 0.5) is 0 Å². The normalized spacial score (nSPS) is 12.2. The molecule has 11 heteroatoms. The third-order valence-electron chi connectivity index (χ3n) is 28.2. The van der Waals surface area contributed by atoms with E-state index in [0.717, 1.165) is 78.5 Å². The number of para-hydroxylation sites is 4. The van der Waals surface area contributed by atoms with Gasteiger partial charge in [-0.3, -0.25) is 9.13 Å². The molecule has 0 saturated heterocycles. The second kappa shape index (κ2) is 28.7. The summed E-state index contributed by atoms with van der Waals surface area (Å²) >= 11 is 0. The van der Waals surface area contributed by atoms with E-state index in [9.17, 15) is 0 Å². The average Bonchev–Trinajstić information content (AvgIpc) is 1.56. The quantitative estimate of drug-likeness (QED) is 0.114. The number of hydrogen-bond acceptors (Lipinski definition) is 5. The van der Waals surface area contributed by atoms with Crippen molar-refractivity contribution in [2.45, 2.75) is 0 Å². The van der Waals surface area contributed by atoms with Crippen LogP contribution in [-0.4, -0.2) is 52.3 Å². The topological polar surface area (TPSA) is 94.0 Å². The minimum absolute atomic E-state index is 0.591. The molecule has 8 aromatic heterocycles. The van der Waals surface area contributed by atoms with Gasteiger partial charge >= 0.3 is 0 Å². The molecule has 0 saturated carbocycles. The van der Waals surface area contributed by atoms with Crippen molar-refractivity contribution in [3.05, 3.63) is 443 Å². The van der Waals surface area contributed by atoms with Gasteiger partial charge in [0.1, 0.15) is 0 Å². The Kier molecular flexibility index (Phi) is 15.8. The number of nitrogens with zero attached hydrogens (tertiary/aromatic N) is 11. The Bertz CT molecular complexity index is 9310. The Morgan fingerprint density at radius 1 is 0.142 bits per heavy atom. The van der Waals surface area contributed by atoms with Gasteiger partial charge in [0.05, 0.1) is 77.6 Å². The van der Waals surface area contributed by atoms with E-state index in [2.05, 4.69) is 422 Å². The molecule has 30 rings (SSSR count). The van der Waals surface area contributed by atoms with Gasteiger partial charge in [0.25, 0.3) is 0 Å². The molecule has 0 aliphatic heterocycles. The molecule has 22 aromatic carbocycles. The smallest absolute Gasteiger partial charge is 0.238 e. The predicted octanol–water partition coefficient (Wildman–Crippen LogP) is 31.3. The van der Waals surface area contributed by atoms with E-state index < -0.39 is 0 Å². The number of rotatable bonds is 12. The van der Waals surface area contributed by atoms with Crippen LogP contribution in [0.3, 0.4) is 0 Å². The highest BCUT2D eigenvalue weighted by Crippen LogP contribution is 2.52. The molecule has 8 heterocycles. The number of fused-ring (bicyclic) bond motifs is 6. The summed E-state index contributed by atoms with van der Waals surface area (Å²) < 4.78 is 14.2. The van der Waals surface area contributed by atoms with E-state index in [1.165, 1.54) is 174 Å². The Balaban J connectivity index is 0.000000131. The minimum atomic E-state index is 0.591. The molecular weight excluding hydrogens is 1630 g/mol. The molecule has 134 heavy (non-hydrogen) atoms. The van der Waals surface area contributed by atoms with Gasteiger partial charge in [-0.25, -0.2) is 15.0 Å². The van der Waals surface area contributed by atoms with E-state index in [4.69, 9.17) is 24.9 Å². The zero-order valence-electron chi connectivity index (χ0n) is 72.1. The van der Waals surface area contributed by atoms with Gasteiger partial charge in [-0.1, -0.05) is 315 Å².